The van der Waals surface area contributed by atoms with E-state index in [1.807, 2.05) is 30.6 Å². The Hall–Kier alpha value is -3.64. The van der Waals surface area contributed by atoms with Crippen LogP contribution >= 0.6 is 11.8 Å². The molecule has 6 heteroatoms. The molecular formula is C27H24FN3OS. The number of benzene rings is 3. The Balaban J connectivity index is 1.47. The van der Waals surface area contributed by atoms with Crippen molar-refractivity contribution in [3.8, 4) is 11.1 Å². The van der Waals surface area contributed by atoms with Crippen LogP contribution in [0.5, 0.6) is 0 Å². The Morgan fingerprint density at radius 2 is 1.61 bits per heavy atom. The van der Waals surface area contributed by atoms with Crippen molar-refractivity contribution in [3.05, 3.63) is 102 Å². The van der Waals surface area contributed by atoms with Crippen molar-refractivity contribution in [1.82, 2.24) is 4.98 Å². The monoisotopic (exact) mass is 457 g/mol. The number of rotatable bonds is 6. The summed E-state index contributed by atoms with van der Waals surface area (Å²) in [5, 5.41) is 2.88. The molecule has 4 aromatic rings. The minimum atomic E-state index is -0.298. The van der Waals surface area contributed by atoms with Crippen LogP contribution in [-0.4, -0.2) is 10.9 Å². The number of halogens is 1. The summed E-state index contributed by atoms with van der Waals surface area (Å²) in [6.07, 6.45) is 3.73. The van der Waals surface area contributed by atoms with Crippen LogP contribution in [0.3, 0.4) is 0 Å². The van der Waals surface area contributed by atoms with Gasteiger partial charge in [0.05, 0.1) is 11.4 Å². The second kappa shape index (κ2) is 9.88. The van der Waals surface area contributed by atoms with Gasteiger partial charge in [0, 0.05) is 27.7 Å². The molecule has 3 N–H and O–H groups in total. The first-order valence-corrected chi connectivity index (χ1v) is 11.4. The SMILES string of the molecule is CC(C)c1cncc(Sc2ccc(C(=O)Nc3cc(-c4ccc(F)cc4)ccc3N)cc2)c1. The lowest BCUT2D eigenvalue weighted by atomic mass is 10.0. The maximum absolute atomic E-state index is 13.2. The minimum absolute atomic E-state index is 0.252. The second-order valence-electron chi connectivity index (χ2n) is 8.00. The smallest absolute Gasteiger partial charge is 0.255 e. The fourth-order valence-electron chi connectivity index (χ4n) is 3.30. The van der Waals surface area contributed by atoms with Crippen LogP contribution in [0.25, 0.3) is 11.1 Å². The zero-order chi connectivity index (χ0) is 23.4. The maximum atomic E-state index is 13.2. The molecule has 1 aromatic heterocycles. The van der Waals surface area contributed by atoms with E-state index in [0.29, 0.717) is 22.9 Å². The number of hydrogen-bond acceptors (Lipinski definition) is 4. The highest BCUT2D eigenvalue weighted by molar-refractivity contribution is 7.99. The number of hydrogen-bond donors (Lipinski definition) is 2. The summed E-state index contributed by atoms with van der Waals surface area (Å²) in [5.74, 6) is -0.135. The van der Waals surface area contributed by atoms with E-state index in [2.05, 4.69) is 30.2 Å². The summed E-state index contributed by atoms with van der Waals surface area (Å²) >= 11 is 1.61. The lowest BCUT2D eigenvalue weighted by molar-refractivity contribution is 0.102. The van der Waals surface area contributed by atoms with Crippen LogP contribution in [0.2, 0.25) is 0 Å². The molecule has 0 saturated heterocycles. The Morgan fingerprint density at radius 1 is 0.909 bits per heavy atom. The fourth-order valence-corrected chi connectivity index (χ4v) is 4.15. The normalized spacial score (nSPS) is 10.9. The Labute approximate surface area is 197 Å². The number of carbonyl (C=O) groups excluding carboxylic acids is 1. The molecule has 0 radical (unpaired) electrons. The van der Waals surface area contributed by atoms with Gasteiger partial charge in [0.1, 0.15) is 5.82 Å². The van der Waals surface area contributed by atoms with Crippen molar-refractivity contribution >= 4 is 29.0 Å². The topological polar surface area (TPSA) is 68.0 Å². The molecule has 0 fully saturated rings. The molecule has 3 aromatic carbocycles. The summed E-state index contributed by atoms with van der Waals surface area (Å²) in [6.45, 7) is 4.28. The van der Waals surface area contributed by atoms with E-state index in [1.165, 1.54) is 17.7 Å². The largest absolute Gasteiger partial charge is 0.397 e. The van der Waals surface area contributed by atoms with Crippen molar-refractivity contribution < 1.29 is 9.18 Å². The van der Waals surface area contributed by atoms with E-state index in [-0.39, 0.29) is 11.7 Å². The van der Waals surface area contributed by atoms with Crippen LogP contribution in [0.1, 0.15) is 35.7 Å². The number of anilines is 2. The predicted molar refractivity (Wildman–Crippen MR) is 133 cm³/mol. The third-order valence-corrected chi connectivity index (χ3v) is 6.20. The molecule has 0 bridgehead atoms. The summed E-state index contributed by atoms with van der Waals surface area (Å²) in [5.41, 5.74) is 10.4. The highest BCUT2D eigenvalue weighted by atomic mass is 32.2. The Morgan fingerprint density at radius 3 is 2.30 bits per heavy atom. The van der Waals surface area contributed by atoms with Crippen LogP contribution in [0.4, 0.5) is 15.8 Å². The van der Waals surface area contributed by atoms with Crippen molar-refractivity contribution in [1.29, 1.82) is 0 Å². The molecular weight excluding hydrogens is 433 g/mol. The molecule has 0 aliphatic rings. The number of nitrogen functional groups attached to an aromatic ring is 1. The third-order valence-electron chi connectivity index (χ3n) is 5.23. The first-order chi connectivity index (χ1) is 15.9. The molecule has 0 aliphatic carbocycles. The number of pyridine rings is 1. The molecule has 1 heterocycles. The lowest BCUT2D eigenvalue weighted by Crippen LogP contribution is -2.13. The lowest BCUT2D eigenvalue weighted by Gasteiger charge is -2.11. The highest BCUT2D eigenvalue weighted by Crippen LogP contribution is 2.30. The first kappa shape index (κ1) is 22.6. The predicted octanol–water partition coefficient (Wildman–Crippen LogP) is 7.00. The molecule has 0 saturated carbocycles. The molecule has 0 atom stereocenters. The van der Waals surface area contributed by atoms with Crippen LogP contribution in [0.15, 0.2) is 95.0 Å². The second-order valence-corrected chi connectivity index (χ2v) is 9.15. The van der Waals surface area contributed by atoms with E-state index in [4.69, 9.17) is 5.73 Å². The van der Waals surface area contributed by atoms with Gasteiger partial charge in [0.2, 0.25) is 0 Å². The van der Waals surface area contributed by atoms with Gasteiger partial charge >= 0.3 is 0 Å². The Kier molecular flexibility index (Phi) is 6.75. The van der Waals surface area contributed by atoms with Crippen LogP contribution in [-0.2, 0) is 0 Å². The molecule has 0 spiro atoms. The fraction of sp³-hybridized carbons (Fsp3) is 0.111. The summed E-state index contributed by atoms with van der Waals surface area (Å²) in [6, 6.07) is 21.1. The van der Waals surface area contributed by atoms with Gasteiger partial charge in [-0.15, -0.1) is 0 Å². The third kappa shape index (κ3) is 5.59. The maximum Gasteiger partial charge on any atom is 0.255 e. The number of aromatic nitrogens is 1. The summed E-state index contributed by atoms with van der Waals surface area (Å²) in [4.78, 5) is 19.2. The molecule has 4 nitrogen and oxygen atoms in total. The van der Waals surface area contributed by atoms with E-state index in [0.717, 1.165) is 20.9 Å². The highest BCUT2D eigenvalue weighted by Gasteiger charge is 2.11. The van der Waals surface area contributed by atoms with E-state index >= 15 is 0 Å². The van der Waals surface area contributed by atoms with Gasteiger partial charge in [-0.2, -0.15) is 0 Å². The van der Waals surface area contributed by atoms with E-state index < -0.39 is 0 Å². The van der Waals surface area contributed by atoms with Crippen molar-refractivity contribution in [3.63, 3.8) is 0 Å². The minimum Gasteiger partial charge on any atom is -0.397 e. The van der Waals surface area contributed by atoms with Gasteiger partial charge in [0.25, 0.3) is 5.91 Å². The van der Waals surface area contributed by atoms with Gasteiger partial charge in [-0.25, -0.2) is 4.39 Å². The number of amides is 1. The summed E-state index contributed by atoms with van der Waals surface area (Å²) in [7, 11) is 0. The average molecular weight is 458 g/mol. The van der Waals surface area contributed by atoms with Gasteiger partial charge in [-0.3, -0.25) is 9.78 Å². The molecule has 166 valence electrons. The first-order valence-electron chi connectivity index (χ1n) is 10.6. The number of nitrogens with two attached hydrogens (primary N) is 1. The molecule has 4 rings (SSSR count). The number of nitrogens with zero attached hydrogens (tertiary/aromatic N) is 1. The Bertz CT molecular complexity index is 1270. The van der Waals surface area contributed by atoms with E-state index in [1.54, 1.807) is 48.2 Å². The number of carbonyl (C=O) groups is 1. The van der Waals surface area contributed by atoms with Gasteiger partial charge < -0.3 is 11.1 Å². The van der Waals surface area contributed by atoms with Crippen LogP contribution in [0, 0.1) is 5.82 Å². The van der Waals surface area contributed by atoms with Crippen molar-refractivity contribution in [2.75, 3.05) is 11.1 Å². The summed E-state index contributed by atoms with van der Waals surface area (Å²) < 4.78 is 13.2. The zero-order valence-corrected chi connectivity index (χ0v) is 19.2. The molecule has 1 amide bonds. The van der Waals surface area contributed by atoms with E-state index in [9.17, 15) is 9.18 Å². The van der Waals surface area contributed by atoms with Gasteiger partial charge in [-0.1, -0.05) is 43.8 Å². The van der Waals surface area contributed by atoms with Gasteiger partial charge in [-0.05, 0) is 77.2 Å². The number of nitrogens with one attached hydrogen (secondary N) is 1. The van der Waals surface area contributed by atoms with Crippen molar-refractivity contribution in [2.45, 2.75) is 29.6 Å². The zero-order valence-electron chi connectivity index (χ0n) is 18.4. The molecule has 0 aliphatic heterocycles. The standard InChI is InChI=1S/C27H24FN3OS/c1-17(2)21-13-24(16-30-15-21)33-23-10-5-19(6-11-23)27(32)31-26-14-20(7-12-25(26)29)18-3-8-22(28)9-4-18/h3-17H,29H2,1-2H3,(H,31,32). The van der Waals surface area contributed by atoms with Crippen LogP contribution < -0.4 is 11.1 Å². The molecule has 0 unspecified atom stereocenters. The quantitative estimate of drug-likeness (QED) is 0.306. The van der Waals surface area contributed by atoms with Gasteiger partial charge in [0.15, 0.2) is 0 Å². The molecule has 33 heavy (non-hydrogen) atoms. The average Bonchev–Trinajstić information content (AvgIpc) is 2.81. The van der Waals surface area contributed by atoms with Crippen molar-refractivity contribution in [2.24, 2.45) is 0 Å².